The number of piperidine rings is 1. The SMILES string of the molecule is CCn1nc2cc(N3CC4CC4c4cc(C(=O)N5CCC(F)(F)CC5)cnc43)ccn2c1=O. The molecular weight excluding hydrogens is 430 g/mol. The van der Waals surface area contributed by atoms with Crippen LogP contribution in [0.1, 0.15) is 48.0 Å². The maximum atomic E-state index is 13.5. The molecule has 2 aliphatic heterocycles. The third-order valence-electron chi connectivity index (χ3n) is 7.10. The predicted molar refractivity (Wildman–Crippen MR) is 117 cm³/mol. The van der Waals surface area contributed by atoms with Crippen molar-refractivity contribution in [1.82, 2.24) is 24.1 Å². The van der Waals surface area contributed by atoms with E-state index in [0.29, 0.717) is 29.6 Å². The van der Waals surface area contributed by atoms with Crippen molar-refractivity contribution in [1.29, 1.82) is 0 Å². The molecule has 10 heteroatoms. The fraction of sp³-hybridized carbons (Fsp3) is 0.478. The van der Waals surface area contributed by atoms with Crippen molar-refractivity contribution in [2.45, 2.75) is 44.6 Å². The number of hydrogen-bond donors (Lipinski definition) is 0. The zero-order valence-electron chi connectivity index (χ0n) is 18.2. The minimum absolute atomic E-state index is 0.0604. The van der Waals surface area contributed by atoms with Crippen molar-refractivity contribution in [2.24, 2.45) is 5.92 Å². The molecule has 1 aliphatic carbocycles. The summed E-state index contributed by atoms with van der Waals surface area (Å²) in [6.45, 7) is 3.31. The number of fused-ring (bicyclic) bond motifs is 4. The Labute approximate surface area is 188 Å². The highest BCUT2D eigenvalue weighted by Crippen LogP contribution is 2.55. The lowest BCUT2D eigenvalue weighted by molar-refractivity contribution is -0.0494. The van der Waals surface area contributed by atoms with Gasteiger partial charge in [0.25, 0.3) is 11.8 Å². The average molecular weight is 454 g/mol. The van der Waals surface area contributed by atoms with E-state index < -0.39 is 5.92 Å². The molecule has 1 amide bonds. The van der Waals surface area contributed by atoms with Crippen molar-refractivity contribution in [3.8, 4) is 0 Å². The molecule has 3 aromatic heterocycles. The average Bonchev–Trinajstić information content (AvgIpc) is 3.54. The summed E-state index contributed by atoms with van der Waals surface area (Å²) in [5.41, 5.74) is 2.78. The number of carbonyl (C=O) groups excluding carboxylic acids is 1. The minimum atomic E-state index is -2.69. The topological polar surface area (TPSA) is 75.7 Å². The molecule has 2 fully saturated rings. The molecule has 3 aliphatic rings. The van der Waals surface area contributed by atoms with E-state index in [1.807, 2.05) is 25.1 Å². The molecule has 0 bridgehead atoms. The van der Waals surface area contributed by atoms with Gasteiger partial charge in [-0.25, -0.2) is 23.2 Å². The third-order valence-corrected chi connectivity index (χ3v) is 7.10. The summed E-state index contributed by atoms with van der Waals surface area (Å²) in [4.78, 5) is 33.6. The highest BCUT2D eigenvalue weighted by atomic mass is 19.3. The molecule has 1 saturated heterocycles. The van der Waals surface area contributed by atoms with Gasteiger partial charge in [0.05, 0.1) is 5.56 Å². The fourth-order valence-corrected chi connectivity index (χ4v) is 5.07. The van der Waals surface area contributed by atoms with Crippen LogP contribution in [-0.2, 0) is 6.54 Å². The van der Waals surface area contributed by atoms with E-state index in [1.54, 1.807) is 12.4 Å². The Morgan fingerprint density at radius 1 is 1.24 bits per heavy atom. The van der Waals surface area contributed by atoms with E-state index in [-0.39, 0.29) is 37.5 Å². The Bertz CT molecular complexity index is 1320. The maximum Gasteiger partial charge on any atom is 0.350 e. The van der Waals surface area contributed by atoms with E-state index >= 15 is 0 Å². The van der Waals surface area contributed by atoms with Gasteiger partial charge in [0.2, 0.25) is 0 Å². The maximum absolute atomic E-state index is 13.5. The number of aryl methyl sites for hydroxylation is 1. The number of rotatable bonds is 3. The number of carbonyl (C=O) groups is 1. The molecular formula is C23H24F2N6O2. The number of amides is 1. The quantitative estimate of drug-likeness (QED) is 0.608. The van der Waals surface area contributed by atoms with Crippen molar-refractivity contribution >= 4 is 23.1 Å². The molecule has 1 saturated carbocycles. The summed E-state index contributed by atoms with van der Waals surface area (Å²) in [5, 5.41) is 4.39. The first kappa shape index (κ1) is 20.3. The second kappa shape index (κ2) is 7.10. The van der Waals surface area contributed by atoms with Gasteiger partial charge < -0.3 is 9.80 Å². The van der Waals surface area contributed by atoms with Gasteiger partial charge >= 0.3 is 5.69 Å². The van der Waals surface area contributed by atoms with Crippen LogP contribution in [0.4, 0.5) is 20.3 Å². The highest BCUT2D eigenvalue weighted by molar-refractivity contribution is 5.94. The fourth-order valence-electron chi connectivity index (χ4n) is 5.07. The molecule has 3 aromatic rings. The minimum Gasteiger partial charge on any atom is -0.338 e. The van der Waals surface area contributed by atoms with Crippen LogP contribution in [0.3, 0.4) is 0 Å². The standard InChI is InChI=1S/C23H24F2N6O2/c1-2-31-22(33)29-6-3-16(11-19(29)27-31)30-13-15-10-17(15)18-9-14(12-26-20(18)30)21(32)28-7-4-23(24,25)5-8-28/h3,6,9,11-12,15,17H,2,4-5,7-8,10,13H2,1H3. The number of pyridine rings is 2. The van der Waals surface area contributed by atoms with Gasteiger partial charge in [-0.05, 0) is 42.9 Å². The lowest BCUT2D eigenvalue weighted by Gasteiger charge is -2.33. The van der Waals surface area contributed by atoms with Gasteiger partial charge in [-0.1, -0.05) is 0 Å². The van der Waals surface area contributed by atoms with E-state index in [2.05, 4.69) is 15.0 Å². The molecule has 0 N–H and O–H groups in total. The second-order valence-electron chi connectivity index (χ2n) is 9.21. The van der Waals surface area contributed by atoms with E-state index in [9.17, 15) is 18.4 Å². The van der Waals surface area contributed by atoms with Crippen molar-refractivity contribution in [3.05, 3.63) is 52.2 Å². The van der Waals surface area contributed by atoms with Crippen LogP contribution in [-0.4, -0.2) is 55.5 Å². The number of likely N-dealkylation sites (tertiary alicyclic amines) is 1. The van der Waals surface area contributed by atoms with Crippen LogP contribution in [0.5, 0.6) is 0 Å². The zero-order valence-corrected chi connectivity index (χ0v) is 18.2. The molecule has 5 heterocycles. The van der Waals surface area contributed by atoms with Gasteiger partial charge in [-0.15, -0.1) is 5.10 Å². The van der Waals surface area contributed by atoms with Gasteiger partial charge in [-0.3, -0.25) is 9.20 Å². The van der Waals surface area contributed by atoms with Crippen LogP contribution in [0.25, 0.3) is 5.65 Å². The molecule has 0 radical (unpaired) electrons. The number of anilines is 2. The summed E-state index contributed by atoms with van der Waals surface area (Å²) >= 11 is 0. The second-order valence-corrected chi connectivity index (χ2v) is 9.21. The van der Waals surface area contributed by atoms with Crippen LogP contribution in [0.2, 0.25) is 0 Å². The number of nitrogens with zero attached hydrogens (tertiary/aromatic N) is 6. The molecule has 8 nitrogen and oxygen atoms in total. The Balaban J connectivity index is 1.32. The Kier molecular flexibility index (Phi) is 4.37. The largest absolute Gasteiger partial charge is 0.350 e. The lowest BCUT2D eigenvalue weighted by Crippen LogP contribution is -2.42. The van der Waals surface area contributed by atoms with Crippen molar-refractivity contribution in [2.75, 3.05) is 24.5 Å². The molecule has 172 valence electrons. The zero-order chi connectivity index (χ0) is 22.9. The highest BCUT2D eigenvalue weighted by Gasteiger charge is 2.46. The predicted octanol–water partition coefficient (Wildman–Crippen LogP) is 3.04. The van der Waals surface area contributed by atoms with E-state index in [0.717, 1.165) is 30.0 Å². The molecule has 0 spiro atoms. The summed E-state index contributed by atoms with van der Waals surface area (Å²) in [5.74, 6) is -1.28. The van der Waals surface area contributed by atoms with E-state index in [4.69, 9.17) is 0 Å². The van der Waals surface area contributed by atoms with Gasteiger partial charge in [-0.2, -0.15) is 0 Å². The lowest BCUT2D eigenvalue weighted by atomic mass is 10.0. The summed E-state index contributed by atoms with van der Waals surface area (Å²) in [6, 6.07) is 5.66. The molecule has 33 heavy (non-hydrogen) atoms. The van der Waals surface area contributed by atoms with Crippen molar-refractivity contribution < 1.29 is 13.6 Å². The number of hydrogen-bond acceptors (Lipinski definition) is 5. The summed E-state index contributed by atoms with van der Waals surface area (Å²) < 4.78 is 29.9. The Morgan fingerprint density at radius 3 is 2.79 bits per heavy atom. The molecule has 2 atom stereocenters. The summed E-state index contributed by atoms with van der Waals surface area (Å²) in [7, 11) is 0. The number of halogens is 2. The summed E-state index contributed by atoms with van der Waals surface area (Å²) in [6.07, 6.45) is 3.72. The number of alkyl halides is 2. The molecule has 0 aromatic carbocycles. The Morgan fingerprint density at radius 2 is 2.03 bits per heavy atom. The van der Waals surface area contributed by atoms with Crippen LogP contribution in [0, 0.1) is 5.92 Å². The van der Waals surface area contributed by atoms with Gasteiger partial charge in [0, 0.05) is 63.2 Å². The van der Waals surface area contributed by atoms with Crippen molar-refractivity contribution in [3.63, 3.8) is 0 Å². The normalized spacial score (nSPS) is 23.4. The third kappa shape index (κ3) is 3.30. The Hall–Kier alpha value is -3.30. The monoisotopic (exact) mass is 454 g/mol. The first-order valence-electron chi connectivity index (χ1n) is 11.4. The molecule has 2 unspecified atom stereocenters. The van der Waals surface area contributed by atoms with Crippen LogP contribution >= 0.6 is 0 Å². The first-order valence-corrected chi connectivity index (χ1v) is 11.4. The van der Waals surface area contributed by atoms with Gasteiger partial charge in [0.15, 0.2) is 5.65 Å². The van der Waals surface area contributed by atoms with E-state index in [1.165, 1.54) is 14.0 Å². The van der Waals surface area contributed by atoms with Crippen LogP contribution < -0.4 is 10.6 Å². The first-order chi connectivity index (χ1) is 15.8. The van der Waals surface area contributed by atoms with Gasteiger partial charge in [0.1, 0.15) is 5.82 Å². The van der Waals surface area contributed by atoms with Crippen LogP contribution in [0.15, 0.2) is 35.4 Å². The smallest absolute Gasteiger partial charge is 0.338 e. The number of aromatic nitrogens is 4. The molecule has 6 rings (SSSR count).